The Bertz CT molecular complexity index is 889. The minimum atomic E-state index is -0.476. The molecule has 2 amide bonds. The molecule has 0 unspecified atom stereocenters. The van der Waals surface area contributed by atoms with Crippen molar-refractivity contribution in [3.05, 3.63) is 65.2 Å². The van der Waals surface area contributed by atoms with Crippen LogP contribution in [0.5, 0.6) is 0 Å². The Kier molecular flexibility index (Phi) is 6.06. The van der Waals surface area contributed by atoms with Crippen LogP contribution in [0.4, 0.5) is 5.69 Å². The van der Waals surface area contributed by atoms with E-state index >= 15 is 0 Å². The molecule has 1 heterocycles. The molecule has 1 saturated heterocycles. The van der Waals surface area contributed by atoms with Crippen LogP contribution in [-0.2, 0) is 4.74 Å². The molecule has 7 heteroatoms. The Balaban J connectivity index is 1.72. The van der Waals surface area contributed by atoms with Crippen molar-refractivity contribution in [2.75, 3.05) is 45.7 Å². The molecule has 0 spiro atoms. The van der Waals surface area contributed by atoms with Crippen LogP contribution < -0.4 is 5.32 Å². The Morgan fingerprint density at radius 3 is 2.25 bits per heavy atom. The van der Waals surface area contributed by atoms with E-state index in [2.05, 4.69) is 10.2 Å². The van der Waals surface area contributed by atoms with Crippen molar-refractivity contribution in [3.63, 3.8) is 0 Å². The topological polar surface area (TPSA) is 78.9 Å². The van der Waals surface area contributed by atoms with Crippen LogP contribution in [0, 0.1) is 0 Å². The number of anilines is 1. The zero-order chi connectivity index (χ0) is 20.1. The van der Waals surface area contributed by atoms with Gasteiger partial charge in [0.2, 0.25) is 0 Å². The number of piperazine rings is 1. The lowest BCUT2D eigenvalue weighted by molar-refractivity contribution is 0.0599. The molecule has 2 aromatic carbocycles. The van der Waals surface area contributed by atoms with Crippen LogP contribution in [0.25, 0.3) is 0 Å². The quantitative estimate of drug-likeness (QED) is 0.821. The largest absolute Gasteiger partial charge is 0.465 e. The highest BCUT2D eigenvalue weighted by molar-refractivity contribution is 6.06. The zero-order valence-corrected chi connectivity index (χ0v) is 16.0. The molecule has 0 saturated carbocycles. The Morgan fingerprint density at radius 2 is 1.54 bits per heavy atom. The number of amides is 2. The van der Waals surface area contributed by atoms with Crippen molar-refractivity contribution in [1.82, 2.24) is 9.80 Å². The lowest BCUT2D eigenvalue weighted by atomic mass is 10.1. The maximum absolute atomic E-state index is 12.7. The molecule has 0 aliphatic carbocycles. The van der Waals surface area contributed by atoms with Crippen molar-refractivity contribution >= 4 is 23.5 Å². The van der Waals surface area contributed by atoms with Gasteiger partial charge in [-0.2, -0.15) is 0 Å². The second-order valence-corrected chi connectivity index (χ2v) is 6.70. The number of esters is 1. The molecule has 3 rings (SSSR count). The van der Waals surface area contributed by atoms with E-state index in [4.69, 9.17) is 4.74 Å². The van der Waals surface area contributed by atoms with Gasteiger partial charge in [0.05, 0.1) is 12.7 Å². The summed E-state index contributed by atoms with van der Waals surface area (Å²) < 4.78 is 4.69. The van der Waals surface area contributed by atoms with E-state index in [0.29, 0.717) is 35.5 Å². The molecule has 1 aliphatic heterocycles. The number of hydrogen-bond acceptors (Lipinski definition) is 5. The molecule has 1 aliphatic rings. The van der Waals surface area contributed by atoms with Gasteiger partial charge in [0.1, 0.15) is 0 Å². The number of carbonyl (C=O) groups excluding carboxylic acids is 3. The third kappa shape index (κ3) is 4.55. The fourth-order valence-corrected chi connectivity index (χ4v) is 3.03. The minimum absolute atomic E-state index is 0.0737. The summed E-state index contributed by atoms with van der Waals surface area (Å²) in [5, 5.41) is 2.75. The van der Waals surface area contributed by atoms with E-state index in [1.807, 2.05) is 7.05 Å². The SMILES string of the molecule is COC(=O)c1cccc(NC(=O)c2cccc(C(=O)N3CCN(C)CC3)c2)c1. The number of rotatable bonds is 4. The Morgan fingerprint density at radius 1 is 0.893 bits per heavy atom. The number of methoxy groups -OCH3 is 1. The summed E-state index contributed by atoms with van der Waals surface area (Å²) in [5.74, 6) is -0.902. The van der Waals surface area contributed by atoms with Gasteiger partial charge in [-0.25, -0.2) is 4.79 Å². The van der Waals surface area contributed by atoms with Crippen molar-refractivity contribution < 1.29 is 19.1 Å². The molecule has 0 aromatic heterocycles. The summed E-state index contributed by atoms with van der Waals surface area (Å²) in [5.41, 5.74) is 1.69. The summed E-state index contributed by atoms with van der Waals surface area (Å²) >= 11 is 0. The number of likely N-dealkylation sites (N-methyl/N-ethyl adjacent to an activating group) is 1. The van der Waals surface area contributed by atoms with E-state index in [9.17, 15) is 14.4 Å². The molecule has 1 N–H and O–H groups in total. The summed E-state index contributed by atoms with van der Waals surface area (Å²) in [7, 11) is 3.33. The van der Waals surface area contributed by atoms with Gasteiger partial charge in [-0.15, -0.1) is 0 Å². The number of nitrogens with zero attached hydrogens (tertiary/aromatic N) is 2. The molecule has 0 radical (unpaired) electrons. The van der Waals surface area contributed by atoms with Crippen LogP contribution in [0.1, 0.15) is 31.1 Å². The van der Waals surface area contributed by atoms with Crippen molar-refractivity contribution in [2.45, 2.75) is 0 Å². The zero-order valence-electron chi connectivity index (χ0n) is 16.0. The third-order valence-corrected chi connectivity index (χ3v) is 4.70. The van der Waals surface area contributed by atoms with Gasteiger partial charge in [0, 0.05) is 43.0 Å². The van der Waals surface area contributed by atoms with Gasteiger partial charge in [0.25, 0.3) is 11.8 Å². The van der Waals surface area contributed by atoms with Crippen LogP contribution in [0.2, 0.25) is 0 Å². The smallest absolute Gasteiger partial charge is 0.337 e. The second-order valence-electron chi connectivity index (χ2n) is 6.70. The van der Waals surface area contributed by atoms with Crippen LogP contribution >= 0.6 is 0 Å². The van der Waals surface area contributed by atoms with E-state index in [0.717, 1.165) is 13.1 Å². The first kappa shape index (κ1) is 19.6. The first-order valence-corrected chi connectivity index (χ1v) is 9.05. The molecule has 0 atom stereocenters. The first-order valence-electron chi connectivity index (χ1n) is 9.05. The standard InChI is InChI=1S/C21H23N3O4/c1-23-9-11-24(12-10-23)20(26)16-6-3-5-15(13-16)19(25)22-18-8-4-7-17(14-18)21(27)28-2/h3-8,13-14H,9-12H2,1-2H3,(H,22,25). The summed E-state index contributed by atoms with van der Waals surface area (Å²) in [4.78, 5) is 40.9. The van der Waals surface area contributed by atoms with Gasteiger partial charge < -0.3 is 19.9 Å². The van der Waals surface area contributed by atoms with E-state index in [1.165, 1.54) is 7.11 Å². The van der Waals surface area contributed by atoms with Crippen molar-refractivity contribution in [2.24, 2.45) is 0 Å². The molecule has 2 aromatic rings. The minimum Gasteiger partial charge on any atom is -0.465 e. The normalized spacial score (nSPS) is 14.4. The maximum atomic E-state index is 12.7. The summed E-state index contributed by atoms with van der Waals surface area (Å²) in [6.45, 7) is 3.02. The van der Waals surface area contributed by atoms with Crippen molar-refractivity contribution in [3.8, 4) is 0 Å². The highest BCUT2D eigenvalue weighted by atomic mass is 16.5. The van der Waals surface area contributed by atoms with Crippen LogP contribution in [-0.4, -0.2) is 67.9 Å². The number of hydrogen-bond donors (Lipinski definition) is 1. The van der Waals surface area contributed by atoms with Gasteiger partial charge in [0.15, 0.2) is 0 Å². The Hall–Kier alpha value is -3.19. The number of nitrogens with one attached hydrogen (secondary N) is 1. The molecular weight excluding hydrogens is 358 g/mol. The number of carbonyl (C=O) groups is 3. The average Bonchev–Trinajstić information content (AvgIpc) is 2.73. The average molecular weight is 381 g/mol. The van der Waals surface area contributed by atoms with Crippen LogP contribution in [0.3, 0.4) is 0 Å². The maximum Gasteiger partial charge on any atom is 0.337 e. The van der Waals surface area contributed by atoms with Crippen LogP contribution in [0.15, 0.2) is 48.5 Å². The van der Waals surface area contributed by atoms with Gasteiger partial charge in [-0.3, -0.25) is 9.59 Å². The number of benzene rings is 2. The lowest BCUT2D eigenvalue weighted by Crippen LogP contribution is -2.47. The number of ether oxygens (including phenoxy) is 1. The molecule has 0 bridgehead atoms. The predicted octanol–water partition coefficient (Wildman–Crippen LogP) is 2.11. The molecule has 146 valence electrons. The monoisotopic (exact) mass is 381 g/mol. The molecular formula is C21H23N3O4. The van der Waals surface area contributed by atoms with E-state index in [1.54, 1.807) is 53.4 Å². The fraction of sp³-hybridized carbons (Fsp3) is 0.286. The third-order valence-electron chi connectivity index (χ3n) is 4.70. The second kappa shape index (κ2) is 8.67. The van der Waals surface area contributed by atoms with E-state index < -0.39 is 5.97 Å². The van der Waals surface area contributed by atoms with Gasteiger partial charge in [-0.1, -0.05) is 12.1 Å². The first-order chi connectivity index (χ1) is 13.5. The fourth-order valence-electron chi connectivity index (χ4n) is 3.03. The highest BCUT2D eigenvalue weighted by Crippen LogP contribution is 2.15. The van der Waals surface area contributed by atoms with Gasteiger partial charge in [-0.05, 0) is 43.4 Å². The molecule has 7 nitrogen and oxygen atoms in total. The van der Waals surface area contributed by atoms with Crippen molar-refractivity contribution in [1.29, 1.82) is 0 Å². The summed E-state index contributed by atoms with van der Waals surface area (Å²) in [6.07, 6.45) is 0. The molecule has 28 heavy (non-hydrogen) atoms. The Labute approximate surface area is 163 Å². The van der Waals surface area contributed by atoms with Gasteiger partial charge >= 0.3 is 5.97 Å². The molecule has 1 fully saturated rings. The summed E-state index contributed by atoms with van der Waals surface area (Å²) in [6, 6.07) is 13.2. The highest BCUT2D eigenvalue weighted by Gasteiger charge is 2.21. The lowest BCUT2D eigenvalue weighted by Gasteiger charge is -2.32. The predicted molar refractivity (Wildman–Crippen MR) is 106 cm³/mol. The van der Waals surface area contributed by atoms with E-state index in [-0.39, 0.29) is 11.8 Å².